The van der Waals surface area contributed by atoms with Crippen molar-refractivity contribution in [3.8, 4) is 22.8 Å². The number of nitrogens with zero attached hydrogens (tertiary/aromatic N) is 2. The van der Waals surface area contributed by atoms with E-state index in [0.29, 0.717) is 33.0 Å². The van der Waals surface area contributed by atoms with Crippen LogP contribution in [0.2, 0.25) is 5.02 Å². The molecule has 1 aliphatic rings. The van der Waals surface area contributed by atoms with Crippen LogP contribution in [0.4, 0.5) is 10.8 Å². The predicted molar refractivity (Wildman–Crippen MR) is 121 cm³/mol. The Balaban J connectivity index is 1.40. The molecule has 0 fully saturated rings. The highest BCUT2D eigenvalue weighted by atomic mass is 35.5. The molecule has 0 spiro atoms. The van der Waals surface area contributed by atoms with Gasteiger partial charge in [-0.3, -0.25) is 9.59 Å². The Morgan fingerprint density at radius 1 is 1.32 bits per heavy atom. The first-order chi connectivity index (χ1) is 15.0. The third kappa shape index (κ3) is 4.50. The van der Waals surface area contributed by atoms with Gasteiger partial charge in [-0.05, 0) is 37.3 Å². The summed E-state index contributed by atoms with van der Waals surface area (Å²) in [5.74, 6) is 0.831. The molecule has 0 radical (unpaired) electrons. The van der Waals surface area contributed by atoms with Gasteiger partial charge in [0.15, 0.2) is 11.2 Å². The maximum Gasteiger partial charge on any atom is 0.267 e. The number of nitrogens with one attached hydrogen (secondary N) is 1. The lowest BCUT2D eigenvalue weighted by atomic mass is 10.1. The molecule has 160 valence electrons. The molecular formula is C22H20ClN3O4S. The van der Waals surface area contributed by atoms with Crippen LogP contribution in [0.15, 0.2) is 47.8 Å². The van der Waals surface area contributed by atoms with Crippen LogP contribution in [0.5, 0.6) is 11.5 Å². The lowest BCUT2D eigenvalue weighted by Gasteiger charge is -2.32. The smallest absolute Gasteiger partial charge is 0.267 e. The van der Waals surface area contributed by atoms with Crippen LogP contribution in [0.25, 0.3) is 11.3 Å². The van der Waals surface area contributed by atoms with E-state index in [2.05, 4.69) is 10.3 Å². The Labute approximate surface area is 188 Å². The number of para-hydroxylation sites is 2. The zero-order chi connectivity index (χ0) is 22.0. The van der Waals surface area contributed by atoms with E-state index >= 15 is 0 Å². The van der Waals surface area contributed by atoms with Crippen molar-refractivity contribution in [3.63, 3.8) is 0 Å². The summed E-state index contributed by atoms with van der Waals surface area (Å²) < 4.78 is 10.8. The molecule has 9 heteroatoms. The molecule has 1 atom stereocenters. The van der Waals surface area contributed by atoms with E-state index in [4.69, 9.17) is 21.1 Å². The molecule has 0 aliphatic carbocycles. The number of rotatable bonds is 6. The molecule has 3 aromatic rings. The van der Waals surface area contributed by atoms with Crippen LogP contribution in [-0.4, -0.2) is 36.6 Å². The molecular weight excluding hydrogens is 438 g/mol. The third-order valence-corrected chi connectivity index (χ3v) is 5.89. The normalized spacial score (nSPS) is 15.3. The third-order valence-electron chi connectivity index (χ3n) is 4.83. The van der Waals surface area contributed by atoms with Gasteiger partial charge in [-0.2, -0.15) is 0 Å². The first kappa shape index (κ1) is 21.1. The van der Waals surface area contributed by atoms with Gasteiger partial charge >= 0.3 is 0 Å². The summed E-state index contributed by atoms with van der Waals surface area (Å²) in [5, 5.41) is 5.61. The average molecular weight is 458 g/mol. The topological polar surface area (TPSA) is 80.8 Å². The zero-order valence-electron chi connectivity index (χ0n) is 16.9. The lowest BCUT2D eigenvalue weighted by molar-refractivity contribution is -0.125. The van der Waals surface area contributed by atoms with Crippen LogP contribution in [0.3, 0.4) is 0 Å². The summed E-state index contributed by atoms with van der Waals surface area (Å²) in [6, 6.07) is 12.7. The lowest BCUT2D eigenvalue weighted by Crippen LogP contribution is -2.45. The van der Waals surface area contributed by atoms with Gasteiger partial charge in [-0.1, -0.05) is 23.7 Å². The summed E-state index contributed by atoms with van der Waals surface area (Å²) in [6.45, 7) is 1.95. The highest BCUT2D eigenvalue weighted by Gasteiger charge is 2.31. The average Bonchev–Trinajstić information content (AvgIpc) is 3.22. The Kier molecular flexibility index (Phi) is 6.11. The van der Waals surface area contributed by atoms with Gasteiger partial charge in [0, 0.05) is 23.9 Å². The van der Waals surface area contributed by atoms with E-state index < -0.39 is 6.10 Å². The Morgan fingerprint density at radius 3 is 2.90 bits per heavy atom. The van der Waals surface area contributed by atoms with Gasteiger partial charge in [0.25, 0.3) is 5.91 Å². The molecule has 2 aromatic carbocycles. The number of carbonyl (C=O) groups is 2. The molecule has 0 saturated heterocycles. The van der Waals surface area contributed by atoms with E-state index in [1.54, 1.807) is 31.1 Å². The maximum absolute atomic E-state index is 12.5. The Hall–Kier alpha value is -3.10. The minimum Gasteiger partial charge on any atom is -0.495 e. The second kappa shape index (κ2) is 8.95. The van der Waals surface area contributed by atoms with Crippen LogP contribution in [0.1, 0.15) is 13.3 Å². The van der Waals surface area contributed by atoms with Crippen molar-refractivity contribution in [3.05, 3.63) is 52.9 Å². The van der Waals surface area contributed by atoms with Gasteiger partial charge in [-0.15, -0.1) is 11.3 Å². The second-order valence-corrected chi connectivity index (χ2v) is 8.17. The Bertz CT molecular complexity index is 1130. The molecule has 31 heavy (non-hydrogen) atoms. The maximum atomic E-state index is 12.5. The molecule has 2 heterocycles. The van der Waals surface area contributed by atoms with Gasteiger partial charge in [0.05, 0.1) is 23.5 Å². The number of hydrogen-bond acceptors (Lipinski definition) is 6. The number of carbonyl (C=O) groups excluding carboxylic acids is 2. The number of ether oxygens (including phenoxy) is 2. The number of halogens is 1. The fourth-order valence-corrected chi connectivity index (χ4v) is 4.27. The van der Waals surface area contributed by atoms with Gasteiger partial charge < -0.3 is 19.7 Å². The highest BCUT2D eigenvalue weighted by Crippen LogP contribution is 2.34. The number of hydrogen-bond donors (Lipinski definition) is 1. The second-order valence-electron chi connectivity index (χ2n) is 6.90. The quantitative estimate of drug-likeness (QED) is 0.584. The number of fused-ring (bicyclic) bond motifs is 1. The SMILES string of the molecule is COc1ccc(-c2csc(NC(=O)CCN3C(=O)C(C)Oc4ccccc43)n2)cc1Cl. The minimum atomic E-state index is -0.587. The van der Waals surface area contributed by atoms with Crippen molar-refractivity contribution in [1.82, 2.24) is 4.98 Å². The summed E-state index contributed by atoms with van der Waals surface area (Å²) in [5.41, 5.74) is 2.20. The van der Waals surface area contributed by atoms with Crippen molar-refractivity contribution in [1.29, 1.82) is 0 Å². The van der Waals surface area contributed by atoms with E-state index in [1.807, 2.05) is 35.7 Å². The molecule has 7 nitrogen and oxygen atoms in total. The van der Waals surface area contributed by atoms with E-state index in [-0.39, 0.29) is 24.8 Å². The molecule has 1 aromatic heterocycles. The fourth-order valence-electron chi connectivity index (χ4n) is 3.27. The van der Waals surface area contributed by atoms with Crippen LogP contribution >= 0.6 is 22.9 Å². The molecule has 1 aliphatic heterocycles. The van der Waals surface area contributed by atoms with Crippen molar-refractivity contribution in [2.45, 2.75) is 19.4 Å². The van der Waals surface area contributed by atoms with Crippen molar-refractivity contribution in [2.75, 3.05) is 23.9 Å². The molecule has 4 rings (SSSR count). The van der Waals surface area contributed by atoms with E-state index in [1.165, 1.54) is 11.3 Å². The number of aromatic nitrogens is 1. The van der Waals surface area contributed by atoms with Crippen LogP contribution < -0.4 is 19.7 Å². The number of thiazole rings is 1. The number of anilines is 2. The van der Waals surface area contributed by atoms with Gasteiger partial charge in [0.2, 0.25) is 5.91 Å². The first-order valence-electron chi connectivity index (χ1n) is 9.62. The predicted octanol–water partition coefficient (Wildman–Crippen LogP) is 4.61. The summed E-state index contributed by atoms with van der Waals surface area (Å²) in [7, 11) is 1.56. The molecule has 2 amide bonds. The highest BCUT2D eigenvalue weighted by molar-refractivity contribution is 7.14. The summed E-state index contributed by atoms with van der Waals surface area (Å²) >= 11 is 7.50. The minimum absolute atomic E-state index is 0.135. The monoisotopic (exact) mass is 457 g/mol. The Morgan fingerprint density at radius 2 is 2.13 bits per heavy atom. The molecule has 1 unspecified atom stereocenters. The summed E-state index contributed by atoms with van der Waals surface area (Å²) in [6.07, 6.45) is -0.452. The fraction of sp³-hybridized carbons (Fsp3) is 0.227. The molecule has 0 saturated carbocycles. The van der Waals surface area contributed by atoms with Crippen molar-refractivity contribution >= 4 is 45.6 Å². The van der Waals surface area contributed by atoms with E-state index in [0.717, 1.165) is 5.56 Å². The van der Waals surface area contributed by atoms with Crippen LogP contribution in [0, 0.1) is 0 Å². The van der Waals surface area contributed by atoms with Gasteiger partial charge in [0.1, 0.15) is 11.5 Å². The van der Waals surface area contributed by atoms with E-state index in [9.17, 15) is 9.59 Å². The summed E-state index contributed by atoms with van der Waals surface area (Å²) in [4.78, 5) is 31.1. The first-order valence-corrected chi connectivity index (χ1v) is 10.9. The molecule has 1 N–H and O–H groups in total. The van der Waals surface area contributed by atoms with Crippen LogP contribution in [-0.2, 0) is 9.59 Å². The molecule has 0 bridgehead atoms. The number of benzene rings is 2. The zero-order valence-corrected chi connectivity index (χ0v) is 18.5. The van der Waals surface area contributed by atoms with Crippen molar-refractivity contribution in [2.24, 2.45) is 0 Å². The number of amides is 2. The number of methoxy groups -OCH3 is 1. The van der Waals surface area contributed by atoms with Gasteiger partial charge in [-0.25, -0.2) is 4.98 Å². The largest absolute Gasteiger partial charge is 0.495 e. The van der Waals surface area contributed by atoms with Crippen molar-refractivity contribution < 1.29 is 19.1 Å². The standard InChI is InChI=1S/C22H20ClN3O4S/c1-13-21(28)26(17-5-3-4-6-19(17)30-13)10-9-20(27)25-22-24-16(12-31-22)14-7-8-18(29-2)15(23)11-14/h3-8,11-13H,9-10H2,1-2H3,(H,24,25,27).